The van der Waals surface area contributed by atoms with Crippen LogP contribution in [0.15, 0.2) is 32.9 Å². The molecule has 2 aromatic rings. The van der Waals surface area contributed by atoms with Crippen LogP contribution in [0, 0.1) is 0 Å². The van der Waals surface area contributed by atoms with Gasteiger partial charge in [-0.3, -0.25) is 9.13 Å². The molecule has 134 valence electrons. The molecule has 1 aliphatic heterocycles. The first-order chi connectivity index (χ1) is 11.7. The molecule has 0 radical (unpaired) electrons. The number of fused-ring (bicyclic) bond motifs is 1. The monoisotopic (exact) mass is 381 g/mol. The van der Waals surface area contributed by atoms with Crippen LogP contribution >= 0.6 is 11.9 Å². The topological polar surface area (TPSA) is 97.5 Å². The number of rotatable bonds is 4. The third-order valence-electron chi connectivity index (χ3n) is 4.59. The van der Waals surface area contributed by atoms with Crippen LogP contribution in [0.1, 0.15) is 32.2 Å². The number of hydrogen-bond donors (Lipinski definition) is 2. The van der Waals surface area contributed by atoms with Crippen molar-refractivity contribution in [1.82, 2.24) is 18.6 Å². The predicted octanol–water partition coefficient (Wildman–Crippen LogP) is 1.30. The predicted molar refractivity (Wildman–Crippen MR) is 98.0 cm³/mol. The van der Waals surface area contributed by atoms with Gasteiger partial charge in [0.15, 0.2) is 5.50 Å². The standard InChI is InChI=1S/C15H19N5O3S2/c1-9-16-13(24-17-9)20-12-8-10(4-5-11(12)19(3)14(20)21)25(22,23)18-15(2)6-7-15/h4-5,8,13,18H,6-7H2,1-3H3,(H,16,17). The fourth-order valence-electron chi connectivity index (χ4n) is 2.87. The first-order valence-electron chi connectivity index (χ1n) is 7.91. The highest BCUT2D eigenvalue weighted by molar-refractivity contribution is 7.98. The van der Waals surface area contributed by atoms with E-state index in [0.29, 0.717) is 11.0 Å². The van der Waals surface area contributed by atoms with Gasteiger partial charge in [0.05, 0.1) is 15.9 Å². The third-order valence-corrected chi connectivity index (χ3v) is 7.17. The second-order valence-corrected chi connectivity index (χ2v) is 9.33. The molecule has 0 amide bonds. The highest BCUT2D eigenvalue weighted by atomic mass is 32.2. The lowest BCUT2D eigenvalue weighted by molar-refractivity contribution is 0.558. The number of aromatic nitrogens is 2. The highest BCUT2D eigenvalue weighted by Crippen LogP contribution is 2.36. The van der Waals surface area contributed by atoms with E-state index < -0.39 is 15.5 Å². The van der Waals surface area contributed by atoms with Gasteiger partial charge in [0.25, 0.3) is 0 Å². The van der Waals surface area contributed by atoms with Crippen LogP contribution in [0.5, 0.6) is 0 Å². The molecule has 1 saturated carbocycles. The normalized spacial score (nSPS) is 22.0. The molecule has 1 fully saturated rings. The van der Waals surface area contributed by atoms with Crippen molar-refractivity contribution >= 4 is 38.8 Å². The Bertz CT molecular complexity index is 1060. The number of imidazole rings is 1. The quantitative estimate of drug-likeness (QED) is 0.778. The zero-order valence-electron chi connectivity index (χ0n) is 14.1. The SMILES string of the molecule is CC1=NC(n2c(=O)n(C)c3ccc(S(=O)(=O)NC4(C)CC4)cc32)SN1. The van der Waals surface area contributed by atoms with Crippen molar-refractivity contribution in [2.45, 2.75) is 42.6 Å². The molecule has 8 nitrogen and oxygen atoms in total. The molecule has 2 N–H and O–H groups in total. The molecule has 0 bridgehead atoms. The van der Waals surface area contributed by atoms with E-state index in [4.69, 9.17) is 0 Å². The molecule has 1 aromatic carbocycles. The van der Waals surface area contributed by atoms with Crippen LogP contribution in [-0.2, 0) is 17.1 Å². The molecule has 1 aromatic heterocycles. The van der Waals surface area contributed by atoms with Gasteiger partial charge < -0.3 is 4.72 Å². The zero-order chi connectivity index (χ0) is 18.0. The van der Waals surface area contributed by atoms with Gasteiger partial charge in [0.1, 0.15) is 5.84 Å². The van der Waals surface area contributed by atoms with Gasteiger partial charge in [-0.25, -0.2) is 22.9 Å². The maximum absolute atomic E-state index is 12.7. The lowest BCUT2D eigenvalue weighted by atomic mass is 10.3. The molecular weight excluding hydrogens is 362 g/mol. The van der Waals surface area contributed by atoms with Crippen molar-refractivity contribution in [1.29, 1.82) is 0 Å². The lowest BCUT2D eigenvalue weighted by Gasteiger charge is -2.13. The summed E-state index contributed by atoms with van der Waals surface area (Å²) in [5, 5.41) is 0. The van der Waals surface area contributed by atoms with E-state index in [0.717, 1.165) is 18.7 Å². The Hall–Kier alpha value is -1.78. The second-order valence-electron chi connectivity index (χ2n) is 6.79. The van der Waals surface area contributed by atoms with Crippen LogP contribution in [-0.4, -0.2) is 28.9 Å². The molecule has 10 heteroatoms. The number of aryl methyl sites for hydroxylation is 1. The summed E-state index contributed by atoms with van der Waals surface area (Å²) in [6.07, 6.45) is 1.67. The number of benzene rings is 1. The minimum absolute atomic E-state index is 0.157. The molecule has 1 aliphatic carbocycles. The smallest absolute Gasteiger partial charge is 0.315 e. The largest absolute Gasteiger partial charge is 0.331 e. The number of amidine groups is 1. The average molecular weight is 381 g/mol. The van der Waals surface area contributed by atoms with Gasteiger partial charge in [-0.1, -0.05) is 0 Å². The minimum atomic E-state index is -3.63. The van der Waals surface area contributed by atoms with E-state index in [1.54, 1.807) is 19.2 Å². The highest BCUT2D eigenvalue weighted by Gasteiger charge is 2.41. The number of hydrogen-bond acceptors (Lipinski definition) is 6. The molecule has 0 saturated heterocycles. The summed E-state index contributed by atoms with van der Waals surface area (Å²) in [5.41, 5.74) is 0.181. The van der Waals surface area contributed by atoms with Gasteiger partial charge in [-0.05, 0) is 56.8 Å². The summed E-state index contributed by atoms with van der Waals surface area (Å²) in [7, 11) is -1.97. The van der Waals surface area contributed by atoms with Gasteiger partial charge in [0, 0.05) is 12.6 Å². The minimum Gasteiger partial charge on any atom is -0.315 e. The van der Waals surface area contributed by atoms with Gasteiger partial charge in [0.2, 0.25) is 10.0 Å². The first kappa shape index (κ1) is 16.7. The summed E-state index contributed by atoms with van der Waals surface area (Å²) >= 11 is 1.31. The zero-order valence-corrected chi connectivity index (χ0v) is 15.7. The summed E-state index contributed by atoms with van der Waals surface area (Å²) < 4.78 is 34.1. The molecule has 0 spiro atoms. The number of nitrogens with zero attached hydrogens (tertiary/aromatic N) is 3. The van der Waals surface area contributed by atoms with Crippen molar-refractivity contribution in [3.63, 3.8) is 0 Å². The van der Waals surface area contributed by atoms with E-state index in [1.165, 1.54) is 27.1 Å². The molecule has 2 heterocycles. The first-order valence-corrected chi connectivity index (χ1v) is 10.3. The van der Waals surface area contributed by atoms with Gasteiger partial charge in [-0.2, -0.15) is 0 Å². The van der Waals surface area contributed by atoms with Crippen molar-refractivity contribution < 1.29 is 8.42 Å². The van der Waals surface area contributed by atoms with E-state index >= 15 is 0 Å². The van der Waals surface area contributed by atoms with Crippen molar-refractivity contribution in [2.75, 3.05) is 0 Å². The summed E-state index contributed by atoms with van der Waals surface area (Å²) in [5.74, 6) is 0.728. The third kappa shape index (κ3) is 2.77. The molecular formula is C15H19N5O3S2. The van der Waals surface area contributed by atoms with E-state index in [9.17, 15) is 13.2 Å². The van der Waals surface area contributed by atoms with Crippen LogP contribution in [0.3, 0.4) is 0 Å². The summed E-state index contributed by atoms with van der Waals surface area (Å²) in [4.78, 5) is 17.2. The average Bonchev–Trinajstić information content (AvgIpc) is 3.00. The summed E-state index contributed by atoms with van der Waals surface area (Å²) in [6.45, 7) is 3.71. The van der Waals surface area contributed by atoms with E-state index in [2.05, 4.69) is 14.4 Å². The Morgan fingerprint density at radius 2 is 2.08 bits per heavy atom. The second kappa shape index (κ2) is 5.36. The Balaban J connectivity index is 1.86. The molecule has 4 rings (SSSR count). The fourth-order valence-corrected chi connectivity index (χ4v) is 5.20. The van der Waals surface area contributed by atoms with Crippen molar-refractivity contribution in [3.05, 3.63) is 28.7 Å². The number of aliphatic imine (C=N–C) groups is 1. The Morgan fingerprint density at radius 3 is 2.68 bits per heavy atom. The Kier molecular flexibility index (Phi) is 3.57. The van der Waals surface area contributed by atoms with Gasteiger partial charge >= 0.3 is 5.69 Å². The number of nitrogens with one attached hydrogen (secondary N) is 2. The van der Waals surface area contributed by atoms with Crippen LogP contribution < -0.4 is 15.1 Å². The molecule has 2 aliphatic rings. The lowest BCUT2D eigenvalue weighted by Crippen LogP contribution is -2.34. The van der Waals surface area contributed by atoms with Crippen LogP contribution in [0.2, 0.25) is 0 Å². The molecule has 25 heavy (non-hydrogen) atoms. The van der Waals surface area contributed by atoms with Crippen LogP contribution in [0.25, 0.3) is 11.0 Å². The van der Waals surface area contributed by atoms with E-state index in [-0.39, 0.29) is 16.1 Å². The van der Waals surface area contributed by atoms with Gasteiger partial charge in [-0.15, -0.1) is 0 Å². The number of sulfonamides is 1. The maximum atomic E-state index is 12.7. The molecule has 1 unspecified atom stereocenters. The van der Waals surface area contributed by atoms with Crippen LogP contribution in [0.4, 0.5) is 0 Å². The molecule has 1 atom stereocenters. The Morgan fingerprint density at radius 1 is 1.36 bits per heavy atom. The summed E-state index contributed by atoms with van der Waals surface area (Å²) in [6, 6.07) is 4.75. The van der Waals surface area contributed by atoms with E-state index in [1.807, 2.05) is 13.8 Å². The maximum Gasteiger partial charge on any atom is 0.331 e. The van der Waals surface area contributed by atoms with Crippen molar-refractivity contribution in [3.8, 4) is 0 Å². The van der Waals surface area contributed by atoms with Crippen molar-refractivity contribution in [2.24, 2.45) is 12.0 Å². The Labute approximate surface area is 149 Å². The fraction of sp³-hybridized carbons (Fsp3) is 0.467.